The van der Waals surface area contributed by atoms with E-state index in [0.29, 0.717) is 11.6 Å². The highest BCUT2D eigenvalue weighted by atomic mass is 16.5. The number of rotatable bonds is 2. The summed E-state index contributed by atoms with van der Waals surface area (Å²) in [4.78, 5) is 15.5. The molecule has 1 aromatic rings. The Balaban J connectivity index is 1.84. The smallest absolute Gasteiger partial charge is 0.232 e. The summed E-state index contributed by atoms with van der Waals surface area (Å²) < 4.78 is 5.16. The van der Waals surface area contributed by atoms with E-state index >= 15 is 0 Å². The Bertz CT molecular complexity index is 402. The van der Waals surface area contributed by atoms with Gasteiger partial charge < -0.3 is 4.52 Å². The van der Waals surface area contributed by atoms with Crippen LogP contribution in [0.1, 0.15) is 37.9 Å². The van der Waals surface area contributed by atoms with Gasteiger partial charge in [-0.05, 0) is 33.1 Å². The summed E-state index contributed by atoms with van der Waals surface area (Å²) in [6, 6.07) is 0. The van der Waals surface area contributed by atoms with Gasteiger partial charge in [0.05, 0.1) is 5.41 Å². The van der Waals surface area contributed by atoms with Crippen LogP contribution in [-0.4, -0.2) is 15.9 Å². The molecule has 3 fully saturated rings. The molecular weight excluding hydrogens is 180 g/mol. The van der Waals surface area contributed by atoms with Crippen molar-refractivity contribution in [3.05, 3.63) is 11.7 Å². The van der Waals surface area contributed by atoms with Gasteiger partial charge in [-0.3, -0.25) is 4.79 Å². The summed E-state index contributed by atoms with van der Waals surface area (Å²) in [6.45, 7) is 3.50. The molecule has 0 amide bonds. The van der Waals surface area contributed by atoms with Crippen molar-refractivity contribution >= 4 is 5.78 Å². The number of hydrogen-bond acceptors (Lipinski definition) is 4. The Kier molecular flexibility index (Phi) is 1.21. The standard InChI is InChI=1S/C10H12N2O2/c1-6(13)9-3-10(4-9,5-9)8-11-7(2)12-14-8/h3-5H2,1-2H3. The Labute approximate surface area is 81.7 Å². The summed E-state index contributed by atoms with van der Waals surface area (Å²) >= 11 is 0. The minimum Gasteiger partial charge on any atom is -0.339 e. The second-order valence-electron chi connectivity index (χ2n) is 4.79. The van der Waals surface area contributed by atoms with E-state index in [4.69, 9.17) is 4.52 Å². The Morgan fingerprint density at radius 3 is 2.50 bits per heavy atom. The van der Waals surface area contributed by atoms with E-state index in [1.807, 2.05) is 6.92 Å². The predicted molar refractivity (Wildman–Crippen MR) is 47.7 cm³/mol. The highest BCUT2D eigenvalue weighted by molar-refractivity contribution is 5.87. The number of aryl methyl sites for hydroxylation is 1. The normalized spacial score (nSPS) is 38.7. The van der Waals surface area contributed by atoms with Crippen LogP contribution in [-0.2, 0) is 10.2 Å². The van der Waals surface area contributed by atoms with Gasteiger partial charge in [-0.2, -0.15) is 4.98 Å². The lowest BCUT2D eigenvalue weighted by Gasteiger charge is -2.67. The van der Waals surface area contributed by atoms with Gasteiger partial charge in [0, 0.05) is 5.41 Å². The van der Waals surface area contributed by atoms with Crippen LogP contribution in [0, 0.1) is 12.3 Å². The van der Waals surface area contributed by atoms with Crippen molar-refractivity contribution in [1.82, 2.24) is 10.1 Å². The molecule has 1 aromatic heterocycles. The van der Waals surface area contributed by atoms with E-state index in [-0.39, 0.29) is 10.8 Å². The van der Waals surface area contributed by atoms with Gasteiger partial charge >= 0.3 is 0 Å². The van der Waals surface area contributed by atoms with E-state index < -0.39 is 0 Å². The lowest BCUT2D eigenvalue weighted by atomic mass is 9.34. The molecule has 0 atom stereocenters. The van der Waals surface area contributed by atoms with Gasteiger partial charge in [-0.15, -0.1) is 0 Å². The monoisotopic (exact) mass is 192 g/mol. The zero-order chi connectivity index (χ0) is 9.97. The Hall–Kier alpha value is -1.19. The topological polar surface area (TPSA) is 56.0 Å². The van der Waals surface area contributed by atoms with Crippen LogP contribution >= 0.6 is 0 Å². The summed E-state index contributed by atoms with van der Waals surface area (Å²) in [5, 5.41) is 3.79. The molecule has 0 spiro atoms. The van der Waals surface area contributed by atoms with Crippen molar-refractivity contribution in [2.75, 3.05) is 0 Å². The van der Waals surface area contributed by atoms with Crippen molar-refractivity contribution in [3.8, 4) is 0 Å². The average molecular weight is 192 g/mol. The maximum Gasteiger partial charge on any atom is 0.232 e. The quantitative estimate of drug-likeness (QED) is 0.710. The van der Waals surface area contributed by atoms with E-state index in [0.717, 1.165) is 25.2 Å². The van der Waals surface area contributed by atoms with Crippen molar-refractivity contribution in [2.24, 2.45) is 5.41 Å². The molecule has 0 N–H and O–H groups in total. The molecule has 0 saturated heterocycles. The molecule has 3 saturated carbocycles. The minimum absolute atomic E-state index is 0.0254. The molecule has 3 aliphatic carbocycles. The van der Waals surface area contributed by atoms with E-state index in [9.17, 15) is 4.79 Å². The van der Waals surface area contributed by atoms with Crippen LogP contribution < -0.4 is 0 Å². The summed E-state index contributed by atoms with van der Waals surface area (Å²) in [5.74, 6) is 1.73. The summed E-state index contributed by atoms with van der Waals surface area (Å²) in [7, 11) is 0. The lowest BCUT2D eigenvalue weighted by Crippen LogP contribution is -2.67. The fourth-order valence-corrected chi connectivity index (χ4v) is 2.90. The summed E-state index contributed by atoms with van der Waals surface area (Å²) in [5.41, 5.74) is 0.0370. The summed E-state index contributed by atoms with van der Waals surface area (Å²) in [6.07, 6.45) is 2.74. The number of ketones is 1. The van der Waals surface area contributed by atoms with E-state index in [2.05, 4.69) is 10.1 Å². The molecule has 0 aromatic carbocycles. The molecule has 2 bridgehead atoms. The molecule has 4 heteroatoms. The fourth-order valence-electron chi connectivity index (χ4n) is 2.90. The first-order chi connectivity index (χ1) is 6.56. The second kappa shape index (κ2) is 2.07. The van der Waals surface area contributed by atoms with Crippen LogP contribution in [0.5, 0.6) is 0 Å². The fraction of sp³-hybridized carbons (Fsp3) is 0.700. The van der Waals surface area contributed by atoms with Gasteiger partial charge in [-0.25, -0.2) is 0 Å². The molecule has 0 radical (unpaired) electrons. The van der Waals surface area contributed by atoms with Crippen molar-refractivity contribution in [3.63, 3.8) is 0 Å². The highest BCUT2D eigenvalue weighted by Gasteiger charge is 2.73. The van der Waals surface area contributed by atoms with Crippen molar-refractivity contribution in [1.29, 1.82) is 0 Å². The molecular formula is C10H12N2O2. The van der Waals surface area contributed by atoms with E-state index in [1.165, 1.54) is 0 Å². The van der Waals surface area contributed by atoms with Gasteiger partial charge in [0.1, 0.15) is 5.78 Å². The number of aromatic nitrogens is 2. The van der Waals surface area contributed by atoms with Crippen molar-refractivity contribution in [2.45, 2.75) is 38.5 Å². The van der Waals surface area contributed by atoms with E-state index in [1.54, 1.807) is 6.92 Å². The van der Waals surface area contributed by atoms with Gasteiger partial charge in [0.25, 0.3) is 0 Å². The number of Topliss-reactive ketones (excluding diaryl/α,β-unsaturated/α-hetero) is 1. The zero-order valence-corrected chi connectivity index (χ0v) is 8.33. The van der Waals surface area contributed by atoms with Crippen LogP contribution in [0.4, 0.5) is 0 Å². The molecule has 4 nitrogen and oxygen atoms in total. The third kappa shape index (κ3) is 0.728. The molecule has 0 unspecified atom stereocenters. The maximum atomic E-state index is 11.3. The number of carbonyl (C=O) groups is 1. The number of nitrogens with zero attached hydrogens (tertiary/aromatic N) is 2. The predicted octanol–water partition coefficient (Wildman–Crippen LogP) is 1.39. The van der Waals surface area contributed by atoms with Crippen LogP contribution in [0.3, 0.4) is 0 Å². The third-order valence-electron chi connectivity index (χ3n) is 3.76. The SMILES string of the molecule is CC(=O)C12CC(c3nc(C)no3)(C1)C2. The third-order valence-corrected chi connectivity index (χ3v) is 3.76. The number of carbonyl (C=O) groups excluding carboxylic acids is 1. The van der Waals surface area contributed by atoms with Gasteiger partial charge in [0.15, 0.2) is 5.82 Å². The Morgan fingerprint density at radius 1 is 1.43 bits per heavy atom. The first kappa shape index (κ1) is 8.15. The van der Waals surface area contributed by atoms with Crippen LogP contribution in [0.15, 0.2) is 4.52 Å². The first-order valence-electron chi connectivity index (χ1n) is 4.88. The van der Waals surface area contributed by atoms with Gasteiger partial charge in [0.2, 0.25) is 5.89 Å². The number of hydrogen-bond donors (Lipinski definition) is 0. The molecule has 74 valence electrons. The molecule has 3 aliphatic rings. The van der Waals surface area contributed by atoms with Gasteiger partial charge in [-0.1, -0.05) is 5.16 Å². The largest absolute Gasteiger partial charge is 0.339 e. The Morgan fingerprint density at radius 2 is 2.07 bits per heavy atom. The zero-order valence-electron chi connectivity index (χ0n) is 8.33. The molecule has 0 aliphatic heterocycles. The second-order valence-corrected chi connectivity index (χ2v) is 4.79. The lowest BCUT2D eigenvalue weighted by molar-refractivity contribution is -0.177. The minimum atomic E-state index is -0.0254. The highest BCUT2D eigenvalue weighted by Crippen LogP contribution is 2.73. The molecule has 14 heavy (non-hydrogen) atoms. The average Bonchev–Trinajstić information content (AvgIpc) is 2.28. The molecule has 4 rings (SSSR count). The molecule has 1 heterocycles. The first-order valence-corrected chi connectivity index (χ1v) is 4.88. The van der Waals surface area contributed by atoms with Crippen molar-refractivity contribution < 1.29 is 9.32 Å². The van der Waals surface area contributed by atoms with Crippen LogP contribution in [0.2, 0.25) is 0 Å². The maximum absolute atomic E-state index is 11.3. The van der Waals surface area contributed by atoms with Crippen LogP contribution in [0.25, 0.3) is 0 Å².